The first-order chi connectivity index (χ1) is 24.7. The van der Waals surface area contributed by atoms with Crippen molar-refractivity contribution in [3.05, 3.63) is 93.7 Å². The van der Waals surface area contributed by atoms with Crippen molar-refractivity contribution in [2.45, 2.75) is 50.6 Å². The SMILES string of the molecule is COCCNc1nc2nc([C@H](Cc3cc(F)cc(F)c3)NC(=O)Cn3nc(C(F)F)c4c3C(F)(F)[C@@H]3C[C@H]43)c(-c3ccc(F)c(C(C)=O)c3)cc2s1. The lowest BCUT2D eigenvalue weighted by molar-refractivity contribution is -0.123. The number of aromatic nitrogens is 4. The number of fused-ring (bicyclic) bond motifs is 4. The van der Waals surface area contributed by atoms with Crippen LogP contribution in [0.2, 0.25) is 0 Å². The molecule has 0 spiro atoms. The lowest BCUT2D eigenvalue weighted by Gasteiger charge is -2.23. The third kappa shape index (κ3) is 6.62. The van der Waals surface area contributed by atoms with Crippen molar-refractivity contribution >= 4 is 38.5 Å². The summed E-state index contributed by atoms with van der Waals surface area (Å²) in [5.74, 6) is -9.51. The van der Waals surface area contributed by atoms with Crippen LogP contribution >= 0.6 is 11.3 Å². The molecule has 1 fully saturated rings. The Morgan fingerprint density at radius 1 is 1.06 bits per heavy atom. The highest BCUT2D eigenvalue weighted by Crippen LogP contribution is 2.68. The highest BCUT2D eigenvalue weighted by molar-refractivity contribution is 7.22. The number of thiazole rings is 1. The summed E-state index contributed by atoms with van der Waals surface area (Å²) in [6, 6.07) is 6.91. The van der Waals surface area contributed by atoms with Gasteiger partial charge in [-0.1, -0.05) is 17.4 Å². The second-order valence-corrected chi connectivity index (χ2v) is 13.7. The van der Waals surface area contributed by atoms with E-state index in [1.165, 1.54) is 37.5 Å². The number of nitrogens with one attached hydrogen (secondary N) is 2. The normalized spacial score (nSPS) is 17.7. The summed E-state index contributed by atoms with van der Waals surface area (Å²) in [6.07, 6.45) is -3.41. The van der Waals surface area contributed by atoms with E-state index >= 15 is 8.78 Å². The standard InChI is InChI=1S/C35H29F7N6O3S/c1-15(49)20-10-17(3-4-24(20)38)21-13-26-33(46-34(52-26)43-5-6-51-2)45-29(21)25(9-16-7-18(36)11-19(37)8-16)44-27(50)14-48-31-28(30(47-48)32(39)40)22-12-23(22)35(31,41)42/h3-4,7-8,10-11,13,22-23,25,32H,5-6,9,12,14H2,1-2H3,(H,44,50)(H,43,45,46)/t22-,23+,25-/m0/s1. The lowest BCUT2D eigenvalue weighted by Crippen LogP contribution is -2.35. The molecular weight excluding hydrogens is 717 g/mol. The molecule has 0 unspecified atom stereocenters. The third-order valence-electron chi connectivity index (χ3n) is 9.14. The molecule has 1 amide bonds. The number of pyridine rings is 1. The quantitative estimate of drug-likeness (QED) is 0.0731. The number of rotatable bonds is 13. The first kappa shape index (κ1) is 35.5. The van der Waals surface area contributed by atoms with Crippen molar-refractivity contribution in [2.75, 3.05) is 25.6 Å². The minimum absolute atomic E-state index is 0.0375. The Morgan fingerprint density at radius 3 is 2.50 bits per heavy atom. The molecule has 2 aromatic carbocycles. The van der Waals surface area contributed by atoms with E-state index in [0.717, 1.165) is 18.2 Å². The molecule has 17 heteroatoms. The van der Waals surface area contributed by atoms with Gasteiger partial charge in [-0.05, 0) is 67.1 Å². The number of methoxy groups -OCH3 is 1. The predicted octanol–water partition coefficient (Wildman–Crippen LogP) is 7.48. The van der Waals surface area contributed by atoms with Gasteiger partial charge in [-0.3, -0.25) is 14.3 Å². The zero-order valence-corrected chi connectivity index (χ0v) is 28.3. The summed E-state index contributed by atoms with van der Waals surface area (Å²) in [5, 5.41) is 9.97. The smallest absolute Gasteiger partial charge is 0.293 e. The van der Waals surface area contributed by atoms with Crippen molar-refractivity contribution in [3.8, 4) is 11.1 Å². The van der Waals surface area contributed by atoms with E-state index < -0.39 is 77.3 Å². The van der Waals surface area contributed by atoms with E-state index in [2.05, 4.69) is 20.7 Å². The number of carbonyl (C=O) groups is 2. The van der Waals surface area contributed by atoms with Crippen LogP contribution in [0.1, 0.15) is 70.3 Å². The van der Waals surface area contributed by atoms with E-state index in [4.69, 9.17) is 9.72 Å². The molecule has 3 aromatic heterocycles. The third-order valence-corrected chi connectivity index (χ3v) is 10.1. The number of anilines is 1. The number of nitrogens with zero attached hydrogens (tertiary/aromatic N) is 4. The van der Waals surface area contributed by atoms with E-state index in [9.17, 15) is 31.5 Å². The molecule has 3 atom stereocenters. The maximum atomic E-state index is 15.3. The molecule has 5 aromatic rings. The Kier molecular flexibility index (Phi) is 9.27. The van der Waals surface area contributed by atoms with Crippen molar-refractivity contribution < 1.29 is 45.1 Å². The highest BCUT2D eigenvalue weighted by Gasteiger charge is 2.67. The van der Waals surface area contributed by atoms with Crippen LogP contribution in [-0.2, 0) is 28.4 Å². The van der Waals surface area contributed by atoms with Gasteiger partial charge in [0.05, 0.1) is 28.6 Å². The number of ketones is 1. The van der Waals surface area contributed by atoms with Gasteiger partial charge >= 0.3 is 0 Å². The molecule has 3 heterocycles. The molecule has 2 aliphatic rings. The molecule has 0 bridgehead atoms. The Balaban J connectivity index is 1.33. The lowest BCUT2D eigenvalue weighted by atomic mass is 9.94. The largest absolute Gasteiger partial charge is 0.383 e. The van der Waals surface area contributed by atoms with Crippen LogP contribution in [0.3, 0.4) is 0 Å². The summed E-state index contributed by atoms with van der Waals surface area (Å²) < 4.78 is 108. The van der Waals surface area contributed by atoms with Gasteiger partial charge in [-0.15, -0.1) is 0 Å². The van der Waals surface area contributed by atoms with Crippen LogP contribution in [0.5, 0.6) is 0 Å². The van der Waals surface area contributed by atoms with Crippen LogP contribution in [-0.4, -0.2) is 51.7 Å². The van der Waals surface area contributed by atoms with Crippen molar-refractivity contribution in [3.63, 3.8) is 0 Å². The van der Waals surface area contributed by atoms with Crippen LogP contribution in [0.25, 0.3) is 21.5 Å². The predicted molar refractivity (Wildman–Crippen MR) is 176 cm³/mol. The molecule has 7 rings (SSSR count). The number of halogens is 7. The average Bonchev–Trinajstić information content (AvgIpc) is 3.55. The molecule has 1 saturated carbocycles. The number of benzene rings is 2. The Bertz CT molecular complexity index is 2200. The maximum Gasteiger partial charge on any atom is 0.293 e. The van der Waals surface area contributed by atoms with Gasteiger partial charge in [0, 0.05) is 36.8 Å². The summed E-state index contributed by atoms with van der Waals surface area (Å²) in [7, 11) is 1.53. The first-order valence-electron chi connectivity index (χ1n) is 16.1. The van der Waals surface area contributed by atoms with Gasteiger partial charge in [-0.25, -0.2) is 31.9 Å². The maximum absolute atomic E-state index is 15.3. The number of ether oxygens (including phenoxy) is 1. The molecule has 2 aliphatic carbocycles. The van der Waals surface area contributed by atoms with Crippen LogP contribution < -0.4 is 10.6 Å². The Labute approximate surface area is 295 Å². The minimum Gasteiger partial charge on any atom is -0.383 e. The fraction of sp³-hybridized carbons (Fsp3) is 0.343. The number of alkyl halides is 4. The molecule has 52 heavy (non-hydrogen) atoms. The highest BCUT2D eigenvalue weighted by atomic mass is 32.1. The van der Waals surface area contributed by atoms with Gasteiger partial charge in [0.25, 0.3) is 12.3 Å². The van der Waals surface area contributed by atoms with Crippen molar-refractivity contribution in [1.29, 1.82) is 0 Å². The van der Waals surface area contributed by atoms with Gasteiger partial charge in [-0.2, -0.15) is 13.9 Å². The fourth-order valence-electron chi connectivity index (χ4n) is 6.81. The van der Waals surface area contributed by atoms with E-state index in [-0.39, 0.29) is 46.4 Å². The van der Waals surface area contributed by atoms with Crippen LogP contribution in [0.15, 0.2) is 42.5 Å². The van der Waals surface area contributed by atoms with Crippen molar-refractivity contribution in [2.24, 2.45) is 5.92 Å². The van der Waals surface area contributed by atoms with E-state index in [0.29, 0.717) is 39.3 Å². The second-order valence-electron chi connectivity index (χ2n) is 12.7. The van der Waals surface area contributed by atoms with Gasteiger partial charge < -0.3 is 15.4 Å². The van der Waals surface area contributed by atoms with Crippen LogP contribution in [0.4, 0.5) is 35.9 Å². The molecule has 2 N–H and O–H groups in total. The zero-order chi connectivity index (χ0) is 37.1. The van der Waals surface area contributed by atoms with Crippen LogP contribution in [0, 0.1) is 23.4 Å². The molecule has 272 valence electrons. The van der Waals surface area contributed by atoms with Gasteiger partial charge in [0.2, 0.25) is 5.91 Å². The summed E-state index contributed by atoms with van der Waals surface area (Å²) in [5.41, 5.74) is -1.07. The molecule has 9 nitrogen and oxygen atoms in total. The number of carbonyl (C=O) groups excluding carboxylic acids is 2. The molecule has 0 saturated heterocycles. The average molecular weight is 747 g/mol. The van der Waals surface area contributed by atoms with Crippen molar-refractivity contribution in [1.82, 2.24) is 25.1 Å². The topological polar surface area (TPSA) is 111 Å². The fourth-order valence-corrected chi connectivity index (χ4v) is 7.68. The minimum atomic E-state index is -3.48. The van der Waals surface area contributed by atoms with E-state index in [1.54, 1.807) is 6.07 Å². The second kappa shape index (κ2) is 13.6. The zero-order valence-electron chi connectivity index (χ0n) is 27.5. The molecular formula is C35H29F7N6O3S. The van der Waals surface area contributed by atoms with Gasteiger partial charge in [0.15, 0.2) is 16.6 Å². The Hall–Kier alpha value is -4.90. The summed E-state index contributed by atoms with van der Waals surface area (Å²) in [6.45, 7) is 1.08. The number of amides is 1. The van der Waals surface area contributed by atoms with E-state index in [1.807, 2.05) is 0 Å². The first-order valence-corrected chi connectivity index (χ1v) is 16.9. The Morgan fingerprint density at radius 2 is 1.81 bits per heavy atom. The number of hydrogen-bond acceptors (Lipinski definition) is 8. The summed E-state index contributed by atoms with van der Waals surface area (Å²) >= 11 is 1.22. The summed E-state index contributed by atoms with van der Waals surface area (Å²) in [4.78, 5) is 35.3. The van der Waals surface area contributed by atoms with Gasteiger partial charge in [0.1, 0.15) is 35.4 Å². The number of Topliss-reactive ketones (excluding diaryl/α,β-unsaturated/α-hetero) is 1. The number of hydrogen-bond donors (Lipinski definition) is 2. The molecule has 0 radical (unpaired) electrons. The molecule has 0 aliphatic heterocycles. The monoisotopic (exact) mass is 746 g/mol.